The van der Waals surface area contributed by atoms with Crippen molar-refractivity contribution in [2.24, 2.45) is 0 Å². The summed E-state index contributed by atoms with van der Waals surface area (Å²) in [4.78, 5) is 10.5. The molecule has 0 heterocycles. The third-order valence-corrected chi connectivity index (χ3v) is 0.660. The van der Waals surface area contributed by atoms with E-state index in [1.165, 1.54) is 6.26 Å². The Bertz CT molecular complexity index is 150. The van der Waals surface area contributed by atoms with E-state index in [0.29, 0.717) is 5.57 Å². The van der Waals surface area contributed by atoms with Crippen LogP contribution in [-0.4, -0.2) is 35.5 Å². The van der Waals surface area contributed by atoms with E-state index in [2.05, 4.69) is 11.3 Å². The standard InChI is InChI=1S/C7H10O2.Na.H/c1-4-5-9-7(8)6(2)3;;/h4-5H,2H2,1,3H3;;. The van der Waals surface area contributed by atoms with Crippen molar-refractivity contribution in [2.75, 3.05) is 0 Å². The molecule has 0 amide bonds. The molecule has 0 aromatic heterocycles. The van der Waals surface area contributed by atoms with Gasteiger partial charge in [-0.15, -0.1) is 0 Å². The van der Waals surface area contributed by atoms with E-state index in [1.807, 2.05) is 0 Å². The van der Waals surface area contributed by atoms with Crippen molar-refractivity contribution in [3.63, 3.8) is 0 Å². The summed E-state index contributed by atoms with van der Waals surface area (Å²) in [6.07, 6.45) is 2.97. The molecule has 0 saturated heterocycles. The molecule has 0 aliphatic rings. The summed E-state index contributed by atoms with van der Waals surface area (Å²) in [5, 5.41) is 0. The quantitative estimate of drug-likeness (QED) is 0.254. The molecule has 2 nitrogen and oxygen atoms in total. The normalized spacial score (nSPS) is 8.60. The fourth-order valence-electron chi connectivity index (χ4n) is 0.230. The van der Waals surface area contributed by atoms with Crippen LogP contribution >= 0.6 is 0 Å². The van der Waals surface area contributed by atoms with Crippen LogP contribution in [0.5, 0.6) is 0 Å². The number of allylic oxidation sites excluding steroid dienone is 1. The molecule has 52 valence electrons. The Labute approximate surface area is 83.2 Å². The molecular formula is C7H11NaO2. The molecule has 0 rings (SSSR count). The molecular weight excluding hydrogens is 139 g/mol. The van der Waals surface area contributed by atoms with Crippen molar-refractivity contribution < 1.29 is 9.53 Å². The summed E-state index contributed by atoms with van der Waals surface area (Å²) in [5.41, 5.74) is 0.410. The van der Waals surface area contributed by atoms with Crippen LogP contribution in [0.2, 0.25) is 0 Å². The zero-order chi connectivity index (χ0) is 7.28. The van der Waals surface area contributed by atoms with Crippen molar-refractivity contribution in [1.29, 1.82) is 0 Å². The van der Waals surface area contributed by atoms with Crippen LogP contribution in [0.25, 0.3) is 0 Å². The van der Waals surface area contributed by atoms with Gasteiger partial charge in [-0.3, -0.25) is 0 Å². The van der Waals surface area contributed by atoms with Crippen molar-refractivity contribution in [3.8, 4) is 0 Å². The van der Waals surface area contributed by atoms with Gasteiger partial charge in [-0.05, 0) is 13.8 Å². The molecule has 0 aliphatic carbocycles. The average molecular weight is 150 g/mol. The van der Waals surface area contributed by atoms with Gasteiger partial charge in [0, 0.05) is 5.57 Å². The molecule has 0 unspecified atom stereocenters. The molecule has 0 fully saturated rings. The number of carbonyl (C=O) groups excluding carboxylic acids is 1. The third-order valence-electron chi connectivity index (χ3n) is 0.660. The average Bonchev–Trinajstić information content (AvgIpc) is 1.82. The topological polar surface area (TPSA) is 26.3 Å². The SMILES string of the molecule is C=C(C)C(=O)OC=CC.[NaH]. The first-order valence-corrected chi connectivity index (χ1v) is 2.66. The van der Waals surface area contributed by atoms with Crippen LogP contribution in [0, 0.1) is 0 Å². The number of hydrogen-bond acceptors (Lipinski definition) is 2. The first kappa shape index (κ1) is 12.6. The van der Waals surface area contributed by atoms with Gasteiger partial charge in [0.15, 0.2) is 0 Å². The van der Waals surface area contributed by atoms with E-state index >= 15 is 0 Å². The molecule has 0 N–H and O–H groups in total. The Balaban J connectivity index is 0. The number of carbonyl (C=O) groups is 1. The summed E-state index contributed by atoms with van der Waals surface area (Å²) >= 11 is 0. The zero-order valence-corrected chi connectivity index (χ0v) is 5.68. The van der Waals surface area contributed by atoms with E-state index < -0.39 is 0 Å². The van der Waals surface area contributed by atoms with Crippen LogP contribution in [-0.2, 0) is 9.53 Å². The first-order valence-electron chi connectivity index (χ1n) is 2.66. The minimum atomic E-state index is -0.381. The van der Waals surface area contributed by atoms with Crippen LogP contribution in [0.4, 0.5) is 0 Å². The van der Waals surface area contributed by atoms with Crippen LogP contribution in [0.3, 0.4) is 0 Å². The summed E-state index contributed by atoms with van der Waals surface area (Å²) in [6, 6.07) is 0. The van der Waals surface area contributed by atoms with Crippen molar-refractivity contribution in [1.82, 2.24) is 0 Å². The van der Waals surface area contributed by atoms with Gasteiger partial charge in [-0.25, -0.2) is 4.79 Å². The predicted octanol–water partition coefficient (Wildman–Crippen LogP) is 0.991. The molecule has 0 aromatic carbocycles. The number of hydrogen-bond donors (Lipinski definition) is 0. The van der Waals surface area contributed by atoms with E-state index in [1.54, 1.807) is 19.9 Å². The van der Waals surface area contributed by atoms with E-state index in [-0.39, 0.29) is 35.5 Å². The van der Waals surface area contributed by atoms with Gasteiger partial charge in [-0.2, -0.15) is 0 Å². The Hall–Kier alpha value is -0.0500. The van der Waals surface area contributed by atoms with Crippen molar-refractivity contribution in [3.05, 3.63) is 24.5 Å². The fourth-order valence-corrected chi connectivity index (χ4v) is 0.230. The van der Waals surface area contributed by atoms with Crippen molar-refractivity contribution in [2.45, 2.75) is 13.8 Å². The minimum absolute atomic E-state index is 0. The van der Waals surface area contributed by atoms with Crippen LogP contribution in [0.15, 0.2) is 24.5 Å². The molecule has 10 heavy (non-hydrogen) atoms. The number of rotatable bonds is 2. The van der Waals surface area contributed by atoms with Gasteiger partial charge >= 0.3 is 35.5 Å². The summed E-state index contributed by atoms with van der Waals surface area (Å²) < 4.78 is 4.53. The molecule has 0 radical (unpaired) electrons. The van der Waals surface area contributed by atoms with Gasteiger partial charge in [-0.1, -0.05) is 12.7 Å². The maximum absolute atomic E-state index is 10.5. The third kappa shape index (κ3) is 6.08. The Morgan fingerprint density at radius 3 is 2.40 bits per heavy atom. The van der Waals surface area contributed by atoms with Crippen LogP contribution < -0.4 is 0 Å². The second-order valence-electron chi connectivity index (χ2n) is 1.66. The van der Waals surface area contributed by atoms with Gasteiger partial charge in [0.1, 0.15) is 0 Å². The second-order valence-corrected chi connectivity index (χ2v) is 1.66. The zero-order valence-electron chi connectivity index (χ0n) is 5.68. The monoisotopic (exact) mass is 150 g/mol. The van der Waals surface area contributed by atoms with Gasteiger partial charge in [0.05, 0.1) is 6.26 Å². The van der Waals surface area contributed by atoms with Gasteiger partial charge < -0.3 is 4.74 Å². The van der Waals surface area contributed by atoms with Gasteiger partial charge in [0.25, 0.3) is 0 Å². The Morgan fingerprint density at radius 2 is 2.10 bits per heavy atom. The second kappa shape index (κ2) is 7.06. The number of esters is 1. The van der Waals surface area contributed by atoms with Gasteiger partial charge in [0.2, 0.25) is 0 Å². The molecule has 3 heteroatoms. The van der Waals surface area contributed by atoms with E-state index in [4.69, 9.17) is 0 Å². The van der Waals surface area contributed by atoms with Crippen LogP contribution in [0.1, 0.15) is 13.8 Å². The molecule has 0 aliphatic heterocycles. The predicted molar refractivity (Wildman–Crippen MR) is 42.9 cm³/mol. The summed E-state index contributed by atoms with van der Waals surface area (Å²) in [6.45, 7) is 6.77. The molecule has 0 saturated carbocycles. The van der Waals surface area contributed by atoms with Crippen molar-refractivity contribution >= 4 is 35.5 Å². The summed E-state index contributed by atoms with van der Waals surface area (Å²) in [5.74, 6) is -0.381. The maximum atomic E-state index is 10.5. The first-order chi connectivity index (χ1) is 4.18. The molecule has 0 spiro atoms. The molecule has 0 bridgehead atoms. The molecule has 0 aromatic rings. The summed E-state index contributed by atoms with van der Waals surface area (Å²) in [7, 11) is 0. The van der Waals surface area contributed by atoms with E-state index in [0.717, 1.165) is 0 Å². The number of ether oxygens (including phenoxy) is 1. The Morgan fingerprint density at radius 1 is 1.60 bits per heavy atom. The van der Waals surface area contributed by atoms with E-state index in [9.17, 15) is 4.79 Å². The Kier molecular flexibility index (Phi) is 8.91. The molecule has 0 atom stereocenters. The fraction of sp³-hybridized carbons (Fsp3) is 0.286.